The number of hydrogen-bond acceptors (Lipinski definition) is 12. The normalized spacial score (nSPS) is 20.9. The third-order valence-electron chi connectivity index (χ3n) is 8.98. The Balaban J connectivity index is 1.42. The second-order valence-corrected chi connectivity index (χ2v) is 14.8. The number of aliphatic hydroxyl groups excluding tert-OH is 1. The van der Waals surface area contributed by atoms with Gasteiger partial charge in [-0.05, 0) is 18.4 Å². The molecule has 290 valence electrons. The molecule has 15 nitrogen and oxygen atoms in total. The summed E-state index contributed by atoms with van der Waals surface area (Å²) in [4.78, 5) is 35.8. The number of aliphatic hydroxyl groups is 1. The number of nitrogens with two attached hydrogens (primary N) is 1. The summed E-state index contributed by atoms with van der Waals surface area (Å²) in [6, 6.07) is 7.10. The molecule has 6 atom stereocenters. The minimum atomic E-state index is -4.72. The Morgan fingerprint density at radius 1 is 1.19 bits per heavy atom. The Morgan fingerprint density at radius 2 is 1.87 bits per heavy atom. The highest BCUT2D eigenvalue weighted by Gasteiger charge is 2.50. The zero-order valence-corrected chi connectivity index (χ0v) is 30.9. The zero-order chi connectivity index (χ0) is 38.3. The third-order valence-corrected chi connectivity index (χ3v) is 10.6. The molecule has 5 N–H and O–H groups in total. The monoisotopic (exact) mass is 760 g/mol. The summed E-state index contributed by atoms with van der Waals surface area (Å²) in [5.74, 6) is 0.769. The fourth-order valence-corrected chi connectivity index (χ4v) is 7.62. The molecule has 3 heterocycles. The molecule has 3 aromatic rings. The lowest BCUT2D eigenvalue weighted by Gasteiger charge is -2.30. The molecular weight excluding hydrogens is 710 g/mol. The molecule has 1 saturated heterocycles. The number of ether oxygens (including phenoxy) is 2. The van der Waals surface area contributed by atoms with Crippen molar-refractivity contribution in [3.63, 3.8) is 0 Å². The maximum absolute atomic E-state index is 14.4. The van der Waals surface area contributed by atoms with Crippen molar-refractivity contribution in [1.29, 1.82) is 0 Å². The summed E-state index contributed by atoms with van der Waals surface area (Å²) in [5, 5.41) is 23.6. The van der Waals surface area contributed by atoms with Crippen molar-refractivity contribution in [2.75, 3.05) is 25.6 Å². The molecule has 17 heteroatoms. The summed E-state index contributed by atoms with van der Waals surface area (Å²) in [6.45, 7) is 1.49. The van der Waals surface area contributed by atoms with Gasteiger partial charge in [-0.2, -0.15) is 14.4 Å². The Bertz CT molecular complexity index is 1710. The number of hydrogen-bond donors (Lipinski definition) is 4. The third kappa shape index (κ3) is 12.1. The number of rotatable bonds is 25. The van der Waals surface area contributed by atoms with Gasteiger partial charge in [0.05, 0.1) is 12.9 Å². The summed E-state index contributed by atoms with van der Waals surface area (Å²) in [6.07, 6.45) is 13.6. The Morgan fingerprint density at radius 3 is 2.51 bits per heavy atom. The highest BCUT2D eigenvalue weighted by molar-refractivity contribution is 7.51. The van der Waals surface area contributed by atoms with Gasteiger partial charge in [0.1, 0.15) is 31.1 Å². The van der Waals surface area contributed by atoms with Crippen LogP contribution in [0.5, 0.6) is 0 Å². The van der Waals surface area contributed by atoms with E-state index in [-0.39, 0.29) is 36.4 Å². The van der Waals surface area contributed by atoms with Crippen LogP contribution in [0.15, 0.2) is 36.7 Å². The van der Waals surface area contributed by atoms with Gasteiger partial charge in [-0.25, -0.2) is 14.6 Å². The SMILES string of the molecule is C#C[C@]1(COP(=O)(N[C@@H](Cc2ccccc2)C(=O)O)O[C@H](C=O)COCCCCCCCCCCCC)O[C@@H](n2cnc3c(N)nc(F)nc32)C[C@@H]1O. The molecule has 0 spiro atoms. The van der Waals surface area contributed by atoms with Crippen LogP contribution < -0.4 is 10.8 Å². The number of nitrogens with zero attached hydrogens (tertiary/aromatic N) is 4. The van der Waals surface area contributed by atoms with Gasteiger partial charge in [0, 0.05) is 13.0 Å². The van der Waals surface area contributed by atoms with E-state index in [4.69, 9.17) is 30.7 Å². The lowest BCUT2D eigenvalue weighted by Crippen LogP contribution is -2.44. The average molecular weight is 761 g/mol. The van der Waals surface area contributed by atoms with Crippen LogP contribution >= 0.6 is 7.75 Å². The van der Waals surface area contributed by atoms with Gasteiger partial charge in [0.15, 0.2) is 28.9 Å². The number of halogens is 1. The number of fused-ring (bicyclic) bond motifs is 1. The number of carboxylic acids is 1. The Labute approximate surface area is 308 Å². The second kappa shape index (κ2) is 20.6. The van der Waals surface area contributed by atoms with Gasteiger partial charge in [-0.3, -0.25) is 18.4 Å². The number of carbonyl (C=O) groups is 2. The first-order chi connectivity index (χ1) is 25.5. The van der Waals surface area contributed by atoms with E-state index in [0.717, 1.165) is 25.7 Å². The van der Waals surface area contributed by atoms with Crippen LogP contribution in [0.4, 0.5) is 10.2 Å². The van der Waals surface area contributed by atoms with E-state index in [0.29, 0.717) is 18.5 Å². The van der Waals surface area contributed by atoms with Gasteiger partial charge in [0.2, 0.25) is 0 Å². The number of aliphatic carboxylic acids is 1. The van der Waals surface area contributed by atoms with Gasteiger partial charge >= 0.3 is 19.8 Å². The molecule has 0 aliphatic carbocycles. The van der Waals surface area contributed by atoms with Crippen molar-refractivity contribution >= 4 is 37.0 Å². The van der Waals surface area contributed by atoms with E-state index >= 15 is 0 Å². The molecule has 53 heavy (non-hydrogen) atoms. The van der Waals surface area contributed by atoms with E-state index in [1.165, 1.54) is 49.4 Å². The molecule has 1 aliphatic rings. The van der Waals surface area contributed by atoms with E-state index in [2.05, 4.69) is 32.9 Å². The van der Waals surface area contributed by atoms with Gasteiger partial charge in [-0.15, -0.1) is 6.42 Å². The molecule has 0 bridgehead atoms. The van der Waals surface area contributed by atoms with Crippen molar-refractivity contribution in [2.24, 2.45) is 0 Å². The average Bonchev–Trinajstić information content (AvgIpc) is 3.71. The van der Waals surface area contributed by atoms with E-state index in [9.17, 15) is 28.8 Å². The van der Waals surface area contributed by atoms with Crippen LogP contribution in [0.25, 0.3) is 11.2 Å². The number of unbranched alkanes of at least 4 members (excludes halogenated alkanes) is 9. The standard InChI is InChI=1S/C36H50FN6O9P/c1-3-5-6-7-8-9-10-11-12-16-19-49-23-27(22-44)52-53(48,42-28(34(46)47)20-26-17-14-13-15-18-26)50-24-36(4-2)29(45)21-30(51-36)43-25-39-31-32(38)40-35(37)41-33(31)43/h2,13-15,17-18,22,25,27-30,45H,3,5-12,16,19-21,23-24H2,1H3,(H,42,48)(H,46,47)(H2,38,40,41)/t27-,28+,29+,30-,36-,53?/m1/s1. The molecule has 1 fully saturated rings. The molecular formula is C36H50FN6O9P. The molecule has 0 saturated carbocycles. The number of aldehydes is 1. The fraction of sp³-hybridized carbons (Fsp3) is 0.583. The van der Waals surface area contributed by atoms with Crippen molar-refractivity contribution in [1.82, 2.24) is 24.6 Å². The number of aromatic nitrogens is 4. The molecule has 0 radical (unpaired) electrons. The highest BCUT2D eigenvalue weighted by Crippen LogP contribution is 2.49. The highest BCUT2D eigenvalue weighted by atomic mass is 31.2. The largest absolute Gasteiger partial charge is 0.480 e. The van der Waals surface area contributed by atoms with Crippen LogP contribution in [0.3, 0.4) is 0 Å². The van der Waals surface area contributed by atoms with Crippen LogP contribution in [-0.2, 0) is 39.1 Å². The maximum atomic E-state index is 14.4. The van der Waals surface area contributed by atoms with Crippen LogP contribution in [0, 0.1) is 18.4 Å². The number of carboxylic acid groups (broad SMARTS) is 1. The molecule has 2 aromatic heterocycles. The number of benzene rings is 1. The summed E-state index contributed by atoms with van der Waals surface area (Å²) >= 11 is 0. The predicted octanol–water partition coefficient (Wildman–Crippen LogP) is 5.13. The fourth-order valence-electron chi connectivity index (χ4n) is 6.02. The molecule has 1 aromatic carbocycles. The van der Waals surface area contributed by atoms with Gasteiger partial charge in [0.25, 0.3) is 0 Å². The minimum absolute atomic E-state index is 0.0200. The van der Waals surface area contributed by atoms with Crippen molar-refractivity contribution < 1.29 is 47.3 Å². The minimum Gasteiger partial charge on any atom is -0.480 e. The number of imidazole rings is 1. The van der Waals surface area contributed by atoms with E-state index in [1.807, 2.05) is 0 Å². The van der Waals surface area contributed by atoms with Gasteiger partial charge < -0.3 is 30.2 Å². The second-order valence-electron chi connectivity index (χ2n) is 13.1. The van der Waals surface area contributed by atoms with E-state index in [1.54, 1.807) is 30.3 Å². The summed E-state index contributed by atoms with van der Waals surface area (Å²) < 4.78 is 52.8. The van der Waals surface area contributed by atoms with Crippen molar-refractivity contribution in [3.8, 4) is 12.3 Å². The van der Waals surface area contributed by atoms with Crippen LogP contribution in [0.1, 0.15) is 89.3 Å². The molecule has 1 aliphatic heterocycles. The summed E-state index contributed by atoms with van der Waals surface area (Å²) in [5.41, 5.74) is 4.50. The predicted molar refractivity (Wildman–Crippen MR) is 194 cm³/mol. The Hall–Kier alpha value is -3.81. The first kappa shape index (κ1) is 41.9. The number of terminal acetylenes is 1. The summed E-state index contributed by atoms with van der Waals surface area (Å²) in [7, 11) is -4.72. The Kier molecular flexibility index (Phi) is 16.3. The van der Waals surface area contributed by atoms with Gasteiger partial charge in [-0.1, -0.05) is 101 Å². The maximum Gasteiger partial charge on any atom is 0.407 e. The van der Waals surface area contributed by atoms with Crippen LogP contribution in [0.2, 0.25) is 0 Å². The topological polar surface area (TPSA) is 210 Å². The van der Waals surface area contributed by atoms with Crippen molar-refractivity contribution in [2.45, 2.75) is 114 Å². The number of carbonyl (C=O) groups excluding carboxylic acids is 1. The molecule has 0 amide bonds. The first-order valence-corrected chi connectivity index (χ1v) is 19.6. The van der Waals surface area contributed by atoms with E-state index < -0.39 is 56.5 Å². The lowest BCUT2D eigenvalue weighted by atomic mass is 9.99. The van der Waals surface area contributed by atoms with Crippen molar-refractivity contribution in [3.05, 3.63) is 48.3 Å². The lowest BCUT2D eigenvalue weighted by molar-refractivity contribution is -0.139. The zero-order valence-electron chi connectivity index (χ0n) is 30.0. The number of nitrogen functional groups attached to an aromatic ring is 1. The number of nitrogens with one attached hydrogen (secondary N) is 1. The first-order valence-electron chi connectivity index (χ1n) is 18.0. The molecule has 1 unspecified atom stereocenters. The number of anilines is 1. The molecule has 4 rings (SSSR count). The smallest absolute Gasteiger partial charge is 0.407 e. The van der Waals surface area contributed by atoms with Crippen LogP contribution in [-0.4, -0.2) is 85.7 Å². The quantitative estimate of drug-likeness (QED) is 0.0290.